The quantitative estimate of drug-likeness (QED) is 0.912. The second-order valence-corrected chi connectivity index (χ2v) is 5.14. The Hall–Kier alpha value is -1.76. The van der Waals surface area contributed by atoms with Crippen molar-refractivity contribution in [2.45, 2.75) is 23.3 Å². The van der Waals surface area contributed by atoms with Gasteiger partial charge in [0.25, 0.3) is 0 Å². The Bertz CT molecular complexity index is 584. The number of hydrogen-bond donors (Lipinski definition) is 1. The molecule has 0 spiro atoms. The number of aliphatic hydroxyl groups is 1. The van der Waals surface area contributed by atoms with E-state index < -0.39 is 0 Å². The molecule has 0 amide bonds. The topological polar surface area (TPSA) is 44.0 Å². The lowest BCUT2D eigenvalue weighted by Crippen LogP contribution is -1.84. The lowest BCUT2D eigenvalue weighted by atomic mass is 10.1. The first kappa shape index (κ1) is 12.7. The largest absolute Gasteiger partial charge is 0.392 e. The molecular formula is C15H13NOS. The third kappa shape index (κ3) is 2.92. The van der Waals surface area contributed by atoms with Crippen LogP contribution in [0.2, 0.25) is 0 Å². The van der Waals surface area contributed by atoms with Crippen LogP contribution < -0.4 is 0 Å². The number of benzene rings is 2. The minimum absolute atomic E-state index is 0.0704. The van der Waals surface area contributed by atoms with Gasteiger partial charge in [0.1, 0.15) is 0 Å². The fraction of sp³-hybridized carbons (Fsp3) is 0.133. The molecule has 0 radical (unpaired) electrons. The lowest BCUT2D eigenvalue weighted by molar-refractivity contribution is 0.282. The standard InChI is InChI=1S/C15H13NOS/c1-11-8-15(7-4-13(11)9-16)18-14-5-2-12(10-17)3-6-14/h2-8,17H,10H2,1H3. The highest BCUT2D eigenvalue weighted by molar-refractivity contribution is 7.99. The summed E-state index contributed by atoms with van der Waals surface area (Å²) in [5, 5.41) is 17.9. The van der Waals surface area contributed by atoms with Gasteiger partial charge >= 0.3 is 0 Å². The van der Waals surface area contributed by atoms with E-state index in [2.05, 4.69) is 6.07 Å². The second-order valence-electron chi connectivity index (χ2n) is 3.99. The summed E-state index contributed by atoms with van der Waals surface area (Å²) in [6, 6.07) is 15.8. The van der Waals surface area contributed by atoms with E-state index in [1.54, 1.807) is 11.8 Å². The molecule has 0 bridgehead atoms. The van der Waals surface area contributed by atoms with Gasteiger partial charge in [-0.3, -0.25) is 0 Å². The summed E-state index contributed by atoms with van der Waals surface area (Å²) >= 11 is 1.65. The highest BCUT2D eigenvalue weighted by Gasteiger charge is 2.01. The number of aryl methyl sites for hydroxylation is 1. The van der Waals surface area contributed by atoms with Gasteiger partial charge < -0.3 is 5.11 Å². The fourth-order valence-corrected chi connectivity index (χ4v) is 2.54. The first-order valence-corrected chi connectivity index (χ1v) is 6.43. The van der Waals surface area contributed by atoms with Crippen molar-refractivity contribution in [1.82, 2.24) is 0 Å². The second kappa shape index (κ2) is 5.72. The predicted octanol–water partition coefficient (Wildman–Crippen LogP) is 3.51. The first-order valence-electron chi connectivity index (χ1n) is 5.61. The molecule has 18 heavy (non-hydrogen) atoms. The van der Waals surface area contributed by atoms with E-state index in [-0.39, 0.29) is 6.61 Å². The van der Waals surface area contributed by atoms with E-state index in [4.69, 9.17) is 10.4 Å². The van der Waals surface area contributed by atoms with Crippen LogP contribution in [0, 0.1) is 18.3 Å². The lowest BCUT2D eigenvalue weighted by Gasteiger charge is -2.04. The van der Waals surface area contributed by atoms with E-state index in [1.807, 2.05) is 49.4 Å². The molecule has 2 nitrogen and oxygen atoms in total. The maximum absolute atomic E-state index is 8.97. The van der Waals surface area contributed by atoms with Gasteiger partial charge in [-0.15, -0.1) is 0 Å². The van der Waals surface area contributed by atoms with E-state index in [0.29, 0.717) is 0 Å². The summed E-state index contributed by atoms with van der Waals surface area (Å²) in [5.41, 5.74) is 2.62. The molecule has 0 saturated carbocycles. The Labute approximate surface area is 111 Å². The number of rotatable bonds is 3. The first-order chi connectivity index (χ1) is 8.72. The smallest absolute Gasteiger partial charge is 0.0994 e. The summed E-state index contributed by atoms with van der Waals surface area (Å²) in [7, 11) is 0. The molecule has 0 aliphatic rings. The molecule has 0 heterocycles. The fourth-order valence-electron chi connectivity index (χ4n) is 1.62. The Morgan fingerprint density at radius 3 is 2.33 bits per heavy atom. The van der Waals surface area contributed by atoms with Crippen LogP contribution in [0.4, 0.5) is 0 Å². The Morgan fingerprint density at radius 1 is 1.11 bits per heavy atom. The molecular weight excluding hydrogens is 242 g/mol. The summed E-state index contributed by atoms with van der Waals surface area (Å²) in [6.07, 6.45) is 0. The zero-order chi connectivity index (χ0) is 13.0. The van der Waals surface area contributed by atoms with Gasteiger partial charge in [-0.25, -0.2) is 0 Å². The SMILES string of the molecule is Cc1cc(Sc2ccc(CO)cc2)ccc1C#N. The average Bonchev–Trinajstić information content (AvgIpc) is 2.40. The third-order valence-electron chi connectivity index (χ3n) is 2.66. The van der Waals surface area contributed by atoms with Crippen molar-refractivity contribution in [2.75, 3.05) is 0 Å². The van der Waals surface area contributed by atoms with E-state index >= 15 is 0 Å². The number of hydrogen-bond acceptors (Lipinski definition) is 3. The summed E-state index contributed by atoms with van der Waals surface area (Å²) in [4.78, 5) is 2.24. The normalized spacial score (nSPS) is 10.1. The van der Waals surface area contributed by atoms with Crippen molar-refractivity contribution in [3.8, 4) is 6.07 Å². The Balaban J connectivity index is 2.18. The average molecular weight is 255 g/mol. The summed E-state index contributed by atoms with van der Waals surface area (Å²) < 4.78 is 0. The van der Waals surface area contributed by atoms with Crippen molar-refractivity contribution >= 4 is 11.8 Å². The van der Waals surface area contributed by atoms with Crippen molar-refractivity contribution in [3.63, 3.8) is 0 Å². The van der Waals surface area contributed by atoms with Crippen LogP contribution in [0.15, 0.2) is 52.3 Å². The molecule has 0 atom stereocenters. The number of nitriles is 1. The van der Waals surface area contributed by atoms with Gasteiger partial charge in [0.15, 0.2) is 0 Å². The van der Waals surface area contributed by atoms with Crippen LogP contribution in [-0.4, -0.2) is 5.11 Å². The monoisotopic (exact) mass is 255 g/mol. The van der Waals surface area contributed by atoms with Crippen LogP contribution in [0.1, 0.15) is 16.7 Å². The van der Waals surface area contributed by atoms with Gasteiger partial charge in [-0.05, 0) is 48.4 Å². The number of aliphatic hydroxyl groups excluding tert-OH is 1. The van der Waals surface area contributed by atoms with Crippen molar-refractivity contribution in [2.24, 2.45) is 0 Å². The van der Waals surface area contributed by atoms with Crippen LogP contribution >= 0.6 is 11.8 Å². The maximum atomic E-state index is 8.97. The minimum Gasteiger partial charge on any atom is -0.392 e. The Kier molecular flexibility index (Phi) is 4.03. The molecule has 2 rings (SSSR count). The molecule has 0 aliphatic carbocycles. The van der Waals surface area contributed by atoms with Crippen LogP contribution in [0.5, 0.6) is 0 Å². The molecule has 1 N–H and O–H groups in total. The molecule has 2 aromatic rings. The molecule has 0 unspecified atom stereocenters. The zero-order valence-corrected chi connectivity index (χ0v) is 10.9. The van der Waals surface area contributed by atoms with Crippen LogP contribution in [0.25, 0.3) is 0 Å². The van der Waals surface area contributed by atoms with E-state index in [0.717, 1.165) is 26.5 Å². The molecule has 3 heteroatoms. The molecule has 0 saturated heterocycles. The van der Waals surface area contributed by atoms with E-state index in [1.165, 1.54) is 0 Å². The van der Waals surface area contributed by atoms with Crippen molar-refractivity contribution in [3.05, 3.63) is 59.2 Å². The maximum Gasteiger partial charge on any atom is 0.0994 e. The molecule has 2 aromatic carbocycles. The van der Waals surface area contributed by atoms with Gasteiger partial charge in [0, 0.05) is 9.79 Å². The molecule has 0 aromatic heterocycles. The predicted molar refractivity (Wildman–Crippen MR) is 72.4 cm³/mol. The molecule has 90 valence electrons. The van der Waals surface area contributed by atoms with Crippen LogP contribution in [-0.2, 0) is 6.61 Å². The third-order valence-corrected chi connectivity index (χ3v) is 3.66. The highest BCUT2D eigenvalue weighted by atomic mass is 32.2. The van der Waals surface area contributed by atoms with Gasteiger partial charge in [-0.1, -0.05) is 23.9 Å². The molecule has 0 aliphatic heterocycles. The van der Waals surface area contributed by atoms with Gasteiger partial charge in [-0.2, -0.15) is 5.26 Å². The molecule has 0 fully saturated rings. The highest BCUT2D eigenvalue weighted by Crippen LogP contribution is 2.29. The summed E-state index contributed by atoms with van der Waals surface area (Å²) in [5.74, 6) is 0. The van der Waals surface area contributed by atoms with Crippen molar-refractivity contribution in [1.29, 1.82) is 5.26 Å². The van der Waals surface area contributed by atoms with Gasteiger partial charge in [0.2, 0.25) is 0 Å². The van der Waals surface area contributed by atoms with Gasteiger partial charge in [0.05, 0.1) is 18.2 Å². The minimum atomic E-state index is 0.0704. The van der Waals surface area contributed by atoms with Crippen molar-refractivity contribution < 1.29 is 5.11 Å². The zero-order valence-electron chi connectivity index (χ0n) is 10.1. The Morgan fingerprint density at radius 2 is 1.78 bits per heavy atom. The van der Waals surface area contributed by atoms with E-state index in [9.17, 15) is 0 Å². The summed E-state index contributed by atoms with van der Waals surface area (Å²) in [6.45, 7) is 2.01. The number of nitrogens with zero attached hydrogens (tertiary/aromatic N) is 1. The van der Waals surface area contributed by atoms with Crippen LogP contribution in [0.3, 0.4) is 0 Å².